The molecular weight excluding hydrogens is 422 g/mol. The number of hydrogen-bond donors (Lipinski definition) is 1. The van der Waals surface area contributed by atoms with Crippen LogP contribution in [0.5, 0.6) is 0 Å². The minimum absolute atomic E-state index is 0.130. The van der Waals surface area contributed by atoms with Crippen LogP contribution in [-0.2, 0) is 32.2 Å². The van der Waals surface area contributed by atoms with Gasteiger partial charge in [0.25, 0.3) is 0 Å². The molecule has 1 aromatic heterocycles. The van der Waals surface area contributed by atoms with E-state index in [4.69, 9.17) is 16.3 Å². The van der Waals surface area contributed by atoms with Crippen LogP contribution in [0.15, 0.2) is 53.4 Å². The summed E-state index contributed by atoms with van der Waals surface area (Å²) in [6, 6.07) is 13.8. The van der Waals surface area contributed by atoms with Crippen LogP contribution in [0.25, 0.3) is 10.9 Å². The molecule has 5 nitrogen and oxygen atoms in total. The fraction of sp³-hybridized carbons (Fsp3) is 0.348. The van der Waals surface area contributed by atoms with E-state index in [1.54, 1.807) is 18.2 Å². The van der Waals surface area contributed by atoms with Gasteiger partial charge in [0.1, 0.15) is 0 Å². The van der Waals surface area contributed by atoms with Crippen molar-refractivity contribution >= 4 is 38.3 Å². The number of H-pyrrole nitrogens is 1. The fourth-order valence-electron chi connectivity index (χ4n) is 4.62. The molecule has 0 bridgehead atoms. The van der Waals surface area contributed by atoms with Gasteiger partial charge in [0.15, 0.2) is 14.6 Å². The topological polar surface area (TPSA) is 76.2 Å². The van der Waals surface area contributed by atoms with Crippen molar-refractivity contribution in [2.75, 3.05) is 7.11 Å². The quantitative estimate of drug-likeness (QED) is 0.465. The van der Waals surface area contributed by atoms with Crippen molar-refractivity contribution in [3.8, 4) is 0 Å². The first-order valence-corrected chi connectivity index (χ1v) is 11.8. The number of methoxy groups -OCH3 is 1. The van der Waals surface area contributed by atoms with E-state index in [9.17, 15) is 13.2 Å². The number of nitrogens with one attached hydrogen (secondary N) is 1. The number of hydrogen-bond acceptors (Lipinski definition) is 4. The van der Waals surface area contributed by atoms with Gasteiger partial charge in [-0.05, 0) is 74.4 Å². The van der Waals surface area contributed by atoms with E-state index in [1.165, 1.54) is 26.2 Å². The SMILES string of the molecule is COC(=O)C(C)(C1CCCc2c([nH]c3ccc(Cl)cc23)C1)S(=O)(=O)c1ccccc1. The molecule has 1 heterocycles. The molecule has 0 aliphatic heterocycles. The van der Waals surface area contributed by atoms with Gasteiger partial charge in [-0.2, -0.15) is 0 Å². The Morgan fingerprint density at radius 1 is 1.20 bits per heavy atom. The minimum atomic E-state index is -3.98. The standard InChI is InChI=1S/C23H24ClNO4S/c1-23(22(26)29-2,30(27,28)17-8-4-3-5-9-17)15-7-6-10-18-19-14-16(24)11-12-20(19)25-21(18)13-15/h3-5,8-9,11-12,14-15,25H,6-7,10,13H2,1-2H3. The van der Waals surface area contributed by atoms with Crippen molar-refractivity contribution in [2.24, 2.45) is 5.92 Å². The van der Waals surface area contributed by atoms with E-state index < -0.39 is 26.5 Å². The molecule has 3 aromatic rings. The van der Waals surface area contributed by atoms with Gasteiger partial charge < -0.3 is 9.72 Å². The molecule has 0 spiro atoms. The highest BCUT2D eigenvalue weighted by molar-refractivity contribution is 7.93. The smallest absolute Gasteiger partial charge is 0.327 e. The van der Waals surface area contributed by atoms with Gasteiger partial charge in [0, 0.05) is 21.6 Å². The molecule has 4 rings (SSSR count). The third kappa shape index (κ3) is 3.22. The lowest BCUT2D eigenvalue weighted by Gasteiger charge is -2.34. The molecule has 2 atom stereocenters. The van der Waals surface area contributed by atoms with E-state index >= 15 is 0 Å². The Labute approximate surface area is 181 Å². The Bertz CT molecular complexity index is 1200. The van der Waals surface area contributed by atoms with Crippen molar-refractivity contribution in [3.05, 3.63) is 64.8 Å². The molecular formula is C23H24ClNO4S. The van der Waals surface area contributed by atoms with E-state index in [0.29, 0.717) is 17.9 Å². The number of carbonyl (C=O) groups excluding carboxylic acids is 1. The van der Waals surface area contributed by atoms with Gasteiger partial charge in [0.05, 0.1) is 12.0 Å². The number of rotatable bonds is 4. The van der Waals surface area contributed by atoms with E-state index in [0.717, 1.165) is 35.0 Å². The number of esters is 1. The number of carbonyl (C=O) groups is 1. The van der Waals surface area contributed by atoms with E-state index in [2.05, 4.69) is 4.98 Å². The second-order valence-electron chi connectivity index (χ2n) is 7.98. The van der Waals surface area contributed by atoms with Gasteiger partial charge >= 0.3 is 5.97 Å². The van der Waals surface area contributed by atoms with Gasteiger partial charge in [-0.25, -0.2) is 8.42 Å². The normalized spacial score (nSPS) is 19.0. The van der Waals surface area contributed by atoms with E-state index in [-0.39, 0.29) is 4.90 Å². The molecule has 0 fully saturated rings. The average molecular weight is 446 g/mol. The van der Waals surface area contributed by atoms with Gasteiger partial charge in [-0.3, -0.25) is 4.79 Å². The lowest BCUT2D eigenvalue weighted by atomic mass is 9.86. The van der Waals surface area contributed by atoms with Crippen LogP contribution in [-0.4, -0.2) is 31.2 Å². The van der Waals surface area contributed by atoms with Crippen molar-refractivity contribution in [1.82, 2.24) is 4.98 Å². The molecule has 1 N–H and O–H groups in total. The van der Waals surface area contributed by atoms with Gasteiger partial charge in [0.2, 0.25) is 0 Å². The van der Waals surface area contributed by atoms with Crippen LogP contribution >= 0.6 is 11.6 Å². The summed E-state index contributed by atoms with van der Waals surface area (Å²) in [4.78, 5) is 16.5. The Balaban J connectivity index is 1.83. The van der Waals surface area contributed by atoms with Crippen LogP contribution in [0.3, 0.4) is 0 Å². The van der Waals surface area contributed by atoms with Crippen LogP contribution in [0.4, 0.5) is 0 Å². The van der Waals surface area contributed by atoms with Crippen LogP contribution < -0.4 is 0 Å². The summed E-state index contributed by atoms with van der Waals surface area (Å²) in [5.41, 5.74) is 3.09. The molecule has 1 aliphatic rings. The van der Waals surface area contributed by atoms with Crippen LogP contribution in [0.2, 0.25) is 5.02 Å². The second-order valence-corrected chi connectivity index (χ2v) is 10.7. The van der Waals surface area contributed by atoms with Crippen molar-refractivity contribution < 1.29 is 17.9 Å². The summed E-state index contributed by atoms with van der Waals surface area (Å²) in [5, 5.41) is 1.72. The molecule has 0 saturated carbocycles. The number of ether oxygens (including phenoxy) is 1. The van der Waals surface area contributed by atoms with Gasteiger partial charge in [-0.1, -0.05) is 29.8 Å². The highest BCUT2D eigenvalue weighted by atomic mass is 35.5. The molecule has 2 aromatic carbocycles. The molecule has 2 unspecified atom stereocenters. The number of fused-ring (bicyclic) bond motifs is 3. The predicted octanol–water partition coefficient (Wildman–Crippen LogP) is 4.72. The highest BCUT2D eigenvalue weighted by Gasteiger charge is 2.54. The minimum Gasteiger partial charge on any atom is -0.468 e. The summed E-state index contributed by atoms with van der Waals surface area (Å²) in [5.74, 6) is -1.15. The summed E-state index contributed by atoms with van der Waals surface area (Å²) in [6.07, 6.45) is 2.62. The lowest BCUT2D eigenvalue weighted by molar-refractivity contribution is -0.145. The van der Waals surface area contributed by atoms with Crippen molar-refractivity contribution in [2.45, 2.75) is 42.2 Å². The molecule has 0 saturated heterocycles. The fourth-order valence-corrected chi connectivity index (χ4v) is 6.74. The summed E-state index contributed by atoms with van der Waals surface area (Å²) in [7, 11) is -2.73. The average Bonchev–Trinajstić information content (AvgIpc) is 2.94. The molecule has 0 radical (unpaired) electrons. The number of sulfone groups is 1. The number of halogens is 1. The largest absolute Gasteiger partial charge is 0.468 e. The summed E-state index contributed by atoms with van der Waals surface area (Å²) in [6.45, 7) is 1.51. The van der Waals surface area contributed by atoms with Crippen LogP contribution in [0.1, 0.15) is 31.0 Å². The zero-order valence-corrected chi connectivity index (χ0v) is 18.5. The lowest BCUT2D eigenvalue weighted by Crippen LogP contribution is -2.51. The first-order chi connectivity index (χ1) is 14.3. The summed E-state index contributed by atoms with van der Waals surface area (Å²) < 4.78 is 30.7. The highest BCUT2D eigenvalue weighted by Crippen LogP contribution is 2.41. The zero-order chi connectivity index (χ0) is 21.5. The Hall–Kier alpha value is -2.31. The molecule has 158 valence electrons. The maximum absolute atomic E-state index is 13.7. The molecule has 30 heavy (non-hydrogen) atoms. The molecule has 1 aliphatic carbocycles. The number of aryl methyl sites for hydroxylation is 1. The van der Waals surface area contributed by atoms with Crippen LogP contribution in [0, 0.1) is 5.92 Å². The van der Waals surface area contributed by atoms with Crippen molar-refractivity contribution in [3.63, 3.8) is 0 Å². The maximum Gasteiger partial charge on any atom is 0.327 e. The first kappa shape index (κ1) is 20.9. The maximum atomic E-state index is 13.7. The third-order valence-corrected chi connectivity index (χ3v) is 9.11. The zero-order valence-electron chi connectivity index (χ0n) is 16.9. The number of aromatic amines is 1. The predicted molar refractivity (Wildman–Crippen MR) is 117 cm³/mol. The summed E-state index contributed by atoms with van der Waals surface area (Å²) >= 11 is 6.19. The number of benzene rings is 2. The van der Waals surface area contributed by atoms with Crippen molar-refractivity contribution in [1.29, 1.82) is 0 Å². The van der Waals surface area contributed by atoms with E-state index in [1.807, 2.05) is 18.2 Å². The Kier molecular flexibility index (Phi) is 5.41. The Morgan fingerprint density at radius 2 is 1.93 bits per heavy atom. The molecule has 0 amide bonds. The second kappa shape index (κ2) is 7.75. The third-order valence-electron chi connectivity index (χ3n) is 6.37. The van der Waals surface area contributed by atoms with Gasteiger partial charge in [-0.15, -0.1) is 0 Å². The first-order valence-electron chi connectivity index (χ1n) is 9.96. The monoisotopic (exact) mass is 445 g/mol. The Morgan fingerprint density at radius 3 is 2.63 bits per heavy atom. The molecule has 7 heteroatoms. The number of aromatic nitrogens is 1.